The van der Waals surface area contributed by atoms with E-state index in [0.29, 0.717) is 6.04 Å². The molecule has 0 aliphatic carbocycles. The summed E-state index contributed by atoms with van der Waals surface area (Å²) in [4.78, 5) is 1.04. The Morgan fingerprint density at radius 2 is 1.89 bits per heavy atom. The van der Waals surface area contributed by atoms with Crippen LogP contribution < -0.4 is 5.32 Å². The molecule has 0 unspecified atom stereocenters. The van der Waals surface area contributed by atoms with E-state index in [-0.39, 0.29) is 5.41 Å². The summed E-state index contributed by atoms with van der Waals surface area (Å²) >= 11 is 3.00. The maximum atomic E-state index is 4.27. The number of rotatable bonds is 4. The highest BCUT2D eigenvalue weighted by atomic mass is 32.1. The van der Waals surface area contributed by atoms with Crippen LogP contribution in [0.3, 0.4) is 0 Å². The third kappa shape index (κ3) is 3.55. The van der Waals surface area contributed by atoms with Gasteiger partial charge in [0.15, 0.2) is 5.01 Å². The molecule has 0 spiro atoms. The van der Waals surface area contributed by atoms with Gasteiger partial charge in [0.05, 0.1) is 5.69 Å². The molecule has 0 saturated heterocycles. The molecule has 19 heavy (non-hydrogen) atoms. The van der Waals surface area contributed by atoms with Crippen molar-refractivity contribution in [3.63, 3.8) is 0 Å². The lowest BCUT2D eigenvalue weighted by Crippen LogP contribution is -2.21. The average molecular weight is 297 g/mol. The van der Waals surface area contributed by atoms with E-state index in [2.05, 4.69) is 59.7 Å². The number of nitrogens with zero attached hydrogens (tertiary/aromatic N) is 4. The second kappa shape index (κ2) is 5.60. The molecular weight excluding hydrogens is 278 g/mol. The minimum atomic E-state index is -0.0235. The second-order valence-electron chi connectivity index (χ2n) is 5.74. The third-order valence-electron chi connectivity index (χ3n) is 2.52. The van der Waals surface area contributed by atoms with Gasteiger partial charge in [-0.2, -0.15) is 0 Å². The van der Waals surface area contributed by atoms with E-state index in [4.69, 9.17) is 0 Å². The minimum Gasteiger partial charge on any atom is -0.308 e. The van der Waals surface area contributed by atoms with Crippen LogP contribution in [0.5, 0.6) is 0 Å². The molecule has 104 valence electrons. The van der Waals surface area contributed by atoms with Gasteiger partial charge in [-0.15, -0.1) is 15.3 Å². The Kier molecular flexibility index (Phi) is 4.27. The Labute approximate surface area is 121 Å². The molecule has 0 aliphatic heterocycles. The highest BCUT2D eigenvalue weighted by Gasteiger charge is 2.25. The van der Waals surface area contributed by atoms with Crippen LogP contribution in [0.15, 0.2) is 0 Å². The molecule has 0 aromatic carbocycles. The van der Waals surface area contributed by atoms with Crippen LogP contribution in [-0.4, -0.2) is 25.8 Å². The molecule has 0 fully saturated rings. The highest BCUT2D eigenvalue weighted by molar-refractivity contribution is 7.19. The summed E-state index contributed by atoms with van der Waals surface area (Å²) in [6, 6.07) is 0.447. The van der Waals surface area contributed by atoms with Crippen LogP contribution in [0, 0.1) is 0 Å². The van der Waals surface area contributed by atoms with E-state index < -0.39 is 0 Å². The molecule has 7 heteroatoms. The lowest BCUT2D eigenvalue weighted by molar-refractivity contribution is 0.568. The van der Waals surface area contributed by atoms with Crippen LogP contribution in [0.4, 0.5) is 0 Å². The summed E-state index contributed by atoms with van der Waals surface area (Å²) < 4.78 is 4.06. The number of hydrogen-bond donors (Lipinski definition) is 1. The third-order valence-corrected chi connectivity index (χ3v) is 4.32. The fraction of sp³-hybridized carbons (Fsp3) is 0.667. The Morgan fingerprint density at radius 3 is 2.53 bits per heavy atom. The molecule has 0 amide bonds. The molecule has 2 aromatic heterocycles. The van der Waals surface area contributed by atoms with Crippen LogP contribution in [0.1, 0.15) is 45.3 Å². The van der Waals surface area contributed by atoms with Crippen LogP contribution in [0.2, 0.25) is 0 Å². The molecule has 0 aliphatic rings. The van der Waals surface area contributed by atoms with Gasteiger partial charge in [0.25, 0.3) is 0 Å². The first-order valence-corrected chi connectivity index (χ1v) is 7.86. The zero-order chi connectivity index (χ0) is 14.0. The highest BCUT2D eigenvalue weighted by Crippen LogP contribution is 2.35. The SMILES string of the molecule is CC(C)NCc1nnc(-c2snnc2C(C)(C)C)s1. The van der Waals surface area contributed by atoms with Gasteiger partial charge in [-0.25, -0.2) is 0 Å². The summed E-state index contributed by atoms with van der Waals surface area (Å²) in [6.45, 7) is 11.4. The van der Waals surface area contributed by atoms with Gasteiger partial charge < -0.3 is 5.32 Å². The summed E-state index contributed by atoms with van der Waals surface area (Å²) in [5, 5.41) is 18.0. The standard InChI is InChI=1S/C12H19N5S2/c1-7(2)13-6-8-14-16-11(18-8)9-10(12(3,4)5)15-17-19-9/h7,13H,6H2,1-5H3. The topological polar surface area (TPSA) is 63.6 Å². The van der Waals surface area contributed by atoms with Crippen molar-refractivity contribution < 1.29 is 0 Å². The maximum absolute atomic E-state index is 4.27. The van der Waals surface area contributed by atoms with E-state index in [1.165, 1.54) is 11.5 Å². The van der Waals surface area contributed by atoms with Crippen molar-refractivity contribution in [2.45, 2.75) is 52.6 Å². The van der Waals surface area contributed by atoms with Gasteiger partial charge in [0.2, 0.25) is 0 Å². The Hall–Kier alpha value is -0.920. The molecule has 5 nitrogen and oxygen atoms in total. The van der Waals surface area contributed by atoms with E-state index >= 15 is 0 Å². The van der Waals surface area contributed by atoms with Crippen molar-refractivity contribution >= 4 is 22.9 Å². The number of hydrogen-bond acceptors (Lipinski definition) is 7. The predicted octanol–water partition coefficient (Wildman–Crippen LogP) is 2.85. The van der Waals surface area contributed by atoms with Gasteiger partial charge in [0.1, 0.15) is 9.88 Å². The summed E-state index contributed by atoms with van der Waals surface area (Å²) in [5.41, 5.74) is 0.974. The number of nitrogens with one attached hydrogen (secondary N) is 1. The fourth-order valence-electron chi connectivity index (χ4n) is 1.53. The summed E-state index contributed by atoms with van der Waals surface area (Å²) in [6.07, 6.45) is 0. The molecule has 2 aromatic rings. The van der Waals surface area contributed by atoms with E-state index in [9.17, 15) is 0 Å². The lowest BCUT2D eigenvalue weighted by atomic mass is 9.91. The van der Waals surface area contributed by atoms with Crippen LogP contribution >= 0.6 is 22.9 Å². The zero-order valence-corrected chi connectivity index (χ0v) is 13.5. The van der Waals surface area contributed by atoms with Crippen molar-refractivity contribution in [1.29, 1.82) is 0 Å². The first-order valence-electron chi connectivity index (χ1n) is 6.27. The first-order chi connectivity index (χ1) is 8.88. The minimum absolute atomic E-state index is 0.0235. The maximum Gasteiger partial charge on any atom is 0.161 e. The van der Waals surface area contributed by atoms with Gasteiger partial charge in [-0.3, -0.25) is 0 Å². The van der Waals surface area contributed by atoms with E-state index in [1.807, 2.05) is 0 Å². The van der Waals surface area contributed by atoms with Crippen LogP contribution in [-0.2, 0) is 12.0 Å². The second-order valence-corrected chi connectivity index (χ2v) is 7.55. The first kappa shape index (κ1) is 14.5. The Morgan fingerprint density at radius 1 is 1.16 bits per heavy atom. The monoisotopic (exact) mass is 297 g/mol. The smallest absolute Gasteiger partial charge is 0.161 e. The summed E-state index contributed by atoms with van der Waals surface area (Å²) in [7, 11) is 0. The molecular formula is C12H19N5S2. The molecule has 1 N–H and O–H groups in total. The number of aromatic nitrogens is 4. The van der Waals surface area contributed by atoms with Crippen molar-refractivity contribution in [1.82, 2.24) is 25.1 Å². The van der Waals surface area contributed by atoms with Crippen molar-refractivity contribution in [3.05, 3.63) is 10.7 Å². The molecule has 0 radical (unpaired) electrons. The van der Waals surface area contributed by atoms with E-state index in [0.717, 1.165) is 27.1 Å². The summed E-state index contributed by atoms with van der Waals surface area (Å²) in [5.74, 6) is 0. The largest absolute Gasteiger partial charge is 0.308 e. The van der Waals surface area contributed by atoms with Crippen LogP contribution in [0.25, 0.3) is 9.88 Å². The van der Waals surface area contributed by atoms with Gasteiger partial charge >= 0.3 is 0 Å². The molecule has 2 heterocycles. The fourth-order valence-corrected chi connectivity index (χ4v) is 3.25. The van der Waals surface area contributed by atoms with Crippen molar-refractivity contribution in [2.24, 2.45) is 0 Å². The Balaban J connectivity index is 2.21. The van der Waals surface area contributed by atoms with Crippen molar-refractivity contribution in [2.75, 3.05) is 0 Å². The van der Waals surface area contributed by atoms with Gasteiger partial charge in [-0.1, -0.05) is 50.4 Å². The lowest BCUT2D eigenvalue weighted by Gasteiger charge is -2.15. The van der Waals surface area contributed by atoms with Gasteiger partial charge in [-0.05, 0) is 11.5 Å². The average Bonchev–Trinajstić information content (AvgIpc) is 2.93. The zero-order valence-electron chi connectivity index (χ0n) is 11.9. The van der Waals surface area contributed by atoms with E-state index in [1.54, 1.807) is 11.3 Å². The normalized spacial score (nSPS) is 12.3. The Bertz CT molecular complexity index is 538. The van der Waals surface area contributed by atoms with Crippen molar-refractivity contribution in [3.8, 4) is 9.88 Å². The molecule has 0 bridgehead atoms. The molecule has 0 atom stereocenters. The predicted molar refractivity (Wildman–Crippen MR) is 79.5 cm³/mol. The quantitative estimate of drug-likeness (QED) is 0.940. The molecule has 0 saturated carbocycles. The molecule has 2 rings (SSSR count). The van der Waals surface area contributed by atoms with Gasteiger partial charge in [0, 0.05) is 18.0 Å².